The van der Waals surface area contributed by atoms with Gasteiger partial charge in [-0.15, -0.1) is 0 Å². The largest absolute Gasteiger partial charge is 0.391 e. The Hall–Kier alpha value is -0.320. The number of aliphatic hydroxyl groups excluding tert-OH is 1. The fraction of sp³-hybridized carbons (Fsp3) is 0.769. The van der Waals surface area contributed by atoms with E-state index in [0.717, 1.165) is 23.1 Å². The maximum atomic E-state index is 9.16. The summed E-state index contributed by atoms with van der Waals surface area (Å²) in [5.74, 6) is 0. The number of nitrogens with zero attached hydrogens (tertiary/aromatic N) is 2. The van der Waals surface area contributed by atoms with Gasteiger partial charge >= 0.3 is 0 Å². The minimum atomic E-state index is -0.0157. The van der Waals surface area contributed by atoms with Crippen molar-refractivity contribution in [1.82, 2.24) is 4.98 Å². The maximum Gasteiger partial charge on any atom is 0.187 e. The van der Waals surface area contributed by atoms with Crippen LogP contribution in [0, 0.1) is 5.41 Å². The van der Waals surface area contributed by atoms with Crippen molar-refractivity contribution in [3.8, 4) is 0 Å². The number of piperidine rings is 1. The molecule has 0 aliphatic carbocycles. The summed E-state index contributed by atoms with van der Waals surface area (Å²) in [5.41, 5.74) is 0.525. The molecule has 5 heteroatoms. The molecule has 0 amide bonds. The zero-order valence-corrected chi connectivity index (χ0v) is 12.7. The summed E-state index contributed by atoms with van der Waals surface area (Å²) in [6.07, 6.45) is 4.98. The van der Waals surface area contributed by atoms with E-state index in [0.29, 0.717) is 10.6 Å². The van der Waals surface area contributed by atoms with Gasteiger partial charge in [-0.3, -0.25) is 0 Å². The zero-order chi connectivity index (χ0) is 13.2. The molecule has 1 aliphatic heterocycles. The molecule has 0 spiro atoms. The number of hydrogen-bond donors (Lipinski definition) is 1. The van der Waals surface area contributed by atoms with Gasteiger partial charge in [0.2, 0.25) is 0 Å². The highest BCUT2D eigenvalue weighted by atomic mass is 35.5. The van der Waals surface area contributed by atoms with Gasteiger partial charge in [0.25, 0.3) is 0 Å². The Bertz CT molecular complexity index is 394. The Morgan fingerprint density at radius 3 is 2.39 bits per heavy atom. The van der Waals surface area contributed by atoms with Crippen molar-refractivity contribution < 1.29 is 5.11 Å². The van der Waals surface area contributed by atoms with Crippen molar-refractivity contribution in [2.75, 3.05) is 18.0 Å². The van der Waals surface area contributed by atoms with Crippen LogP contribution in [0.5, 0.6) is 0 Å². The number of hydrogen-bond acceptors (Lipinski definition) is 4. The van der Waals surface area contributed by atoms with Gasteiger partial charge in [0, 0.05) is 13.1 Å². The standard InChI is InChI=1S/C13H21ClN2OS/c1-3-13(4-2)5-7-16(8-6-13)12-15-11(14)10(9-17)18-12/h17H,3-9H2,1-2H3. The third-order valence-electron chi connectivity index (χ3n) is 4.38. The zero-order valence-electron chi connectivity index (χ0n) is 11.1. The molecule has 1 aromatic rings. The first kappa shape index (κ1) is 14.1. The molecule has 1 aliphatic rings. The van der Waals surface area contributed by atoms with Crippen molar-refractivity contribution in [2.45, 2.75) is 46.1 Å². The predicted molar refractivity (Wildman–Crippen MR) is 77.5 cm³/mol. The summed E-state index contributed by atoms with van der Waals surface area (Å²) in [5, 5.41) is 10.6. The van der Waals surface area contributed by atoms with E-state index in [2.05, 4.69) is 23.7 Å². The van der Waals surface area contributed by atoms with E-state index in [1.54, 1.807) is 0 Å². The molecular weight excluding hydrogens is 268 g/mol. The first-order valence-electron chi connectivity index (χ1n) is 6.65. The van der Waals surface area contributed by atoms with E-state index in [1.807, 2.05) is 0 Å². The van der Waals surface area contributed by atoms with Gasteiger partial charge in [-0.1, -0.05) is 49.6 Å². The van der Waals surface area contributed by atoms with E-state index < -0.39 is 0 Å². The molecule has 0 atom stereocenters. The molecule has 1 aromatic heterocycles. The lowest BCUT2D eigenvalue weighted by atomic mass is 9.74. The SMILES string of the molecule is CCC1(CC)CCN(c2nc(Cl)c(CO)s2)CC1. The number of thiazole rings is 1. The van der Waals surface area contributed by atoms with Crippen molar-refractivity contribution in [3.05, 3.63) is 10.0 Å². The second kappa shape index (κ2) is 5.76. The number of halogens is 1. The quantitative estimate of drug-likeness (QED) is 0.918. The monoisotopic (exact) mass is 288 g/mol. The van der Waals surface area contributed by atoms with Crippen LogP contribution in [0.4, 0.5) is 5.13 Å². The minimum Gasteiger partial charge on any atom is -0.391 e. The highest BCUT2D eigenvalue weighted by Gasteiger charge is 2.32. The van der Waals surface area contributed by atoms with Gasteiger partial charge in [0.05, 0.1) is 11.5 Å². The lowest BCUT2D eigenvalue weighted by Gasteiger charge is -2.40. The molecule has 0 unspecified atom stereocenters. The van der Waals surface area contributed by atoms with Crippen LogP contribution in [-0.4, -0.2) is 23.2 Å². The second-order valence-corrected chi connectivity index (χ2v) is 6.48. The predicted octanol–water partition coefficient (Wildman–Crippen LogP) is 3.70. The van der Waals surface area contributed by atoms with Gasteiger partial charge in [-0.2, -0.15) is 0 Å². The fourth-order valence-corrected chi connectivity index (χ4v) is 3.85. The number of aromatic nitrogens is 1. The van der Waals surface area contributed by atoms with Crippen LogP contribution in [0.25, 0.3) is 0 Å². The summed E-state index contributed by atoms with van der Waals surface area (Å²) >= 11 is 7.50. The Labute approximate surface area is 118 Å². The Kier molecular flexibility index (Phi) is 4.51. The summed E-state index contributed by atoms with van der Waals surface area (Å²) in [4.78, 5) is 7.43. The first-order chi connectivity index (χ1) is 8.64. The molecular formula is C13H21ClN2OS. The van der Waals surface area contributed by atoms with Crippen LogP contribution >= 0.6 is 22.9 Å². The number of anilines is 1. The summed E-state index contributed by atoms with van der Waals surface area (Å²) in [7, 11) is 0. The number of aliphatic hydroxyl groups is 1. The third kappa shape index (κ3) is 2.65. The van der Waals surface area contributed by atoms with Crippen molar-refractivity contribution in [1.29, 1.82) is 0 Å². The third-order valence-corrected chi connectivity index (χ3v) is 5.90. The van der Waals surface area contributed by atoms with Gasteiger partial charge in [-0.05, 0) is 18.3 Å². The summed E-state index contributed by atoms with van der Waals surface area (Å²) in [6.45, 7) is 6.68. The van der Waals surface area contributed by atoms with Gasteiger partial charge < -0.3 is 10.0 Å². The van der Waals surface area contributed by atoms with Gasteiger partial charge in [0.15, 0.2) is 5.13 Å². The van der Waals surface area contributed by atoms with E-state index in [9.17, 15) is 0 Å². The van der Waals surface area contributed by atoms with Crippen molar-refractivity contribution in [2.24, 2.45) is 5.41 Å². The maximum absolute atomic E-state index is 9.16. The minimum absolute atomic E-state index is 0.0157. The van der Waals surface area contributed by atoms with E-state index in [1.165, 1.54) is 37.0 Å². The highest BCUT2D eigenvalue weighted by Crippen LogP contribution is 2.40. The molecule has 0 bridgehead atoms. The molecule has 0 aromatic carbocycles. The lowest BCUT2D eigenvalue weighted by Crippen LogP contribution is -2.39. The van der Waals surface area contributed by atoms with Crippen LogP contribution < -0.4 is 4.90 Å². The topological polar surface area (TPSA) is 36.4 Å². The molecule has 2 rings (SSSR count). The second-order valence-electron chi connectivity index (χ2n) is 5.06. The normalized spacial score (nSPS) is 19.2. The molecule has 102 valence electrons. The Balaban J connectivity index is 2.05. The van der Waals surface area contributed by atoms with Crippen LogP contribution in [0.2, 0.25) is 5.15 Å². The molecule has 2 heterocycles. The van der Waals surface area contributed by atoms with Gasteiger partial charge in [0.1, 0.15) is 5.15 Å². The molecule has 0 saturated carbocycles. The smallest absolute Gasteiger partial charge is 0.187 e. The molecule has 1 N–H and O–H groups in total. The average Bonchev–Trinajstić information content (AvgIpc) is 2.80. The van der Waals surface area contributed by atoms with E-state index in [4.69, 9.17) is 16.7 Å². The van der Waals surface area contributed by atoms with Gasteiger partial charge in [-0.25, -0.2) is 4.98 Å². The molecule has 1 saturated heterocycles. The molecule has 0 radical (unpaired) electrons. The Morgan fingerprint density at radius 2 is 1.94 bits per heavy atom. The summed E-state index contributed by atoms with van der Waals surface area (Å²) < 4.78 is 0. The first-order valence-corrected chi connectivity index (χ1v) is 7.84. The molecule has 3 nitrogen and oxygen atoms in total. The van der Waals surface area contributed by atoms with Crippen molar-refractivity contribution in [3.63, 3.8) is 0 Å². The highest BCUT2D eigenvalue weighted by molar-refractivity contribution is 7.16. The Morgan fingerprint density at radius 1 is 1.33 bits per heavy atom. The van der Waals surface area contributed by atoms with Crippen LogP contribution in [-0.2, 0) is 6.61 Å². The number of rotatable bonds is 4. The average molecular weight is 289 g/mol. The van der Waals surface area contributed by atoms with Crippen LogP contribution in [0.3, 0.4) is 0 Å². The van der Waals surface area contributed by atoms with Crippen molar-refractivity contribution >= 4 is 28.1 Å². The van der Waals surface area contributed by atoms with E-state index >= 15 is 0 Å². The molecule has 18 heavy (non-hydrogen) atoms. The van der Waals surface area contributed by atoms with E-state index in [-0.39, 0.29) is 6.61 Å². The summed E-state index contributed by atoms with van der Waals surface area (Å²) in [6, 6.07) is 0. The van der Waals surface area contributed by atoms with Crippen LogP contribution in [0.1, 0.15) is 44.4 Å². The lowest BCUT2D eigenvalue weighted by molar-refractivity contribution is 0.199. The van der Waals surface area contributed by atoms with Crippen LogP contribution in [0.15, 0.2) is 0 Å². The molecule has 1 fully saturated rings. The fourth-order valence-electron chi connectivity index (χ4n) is 2.68.